The fraction of sp³-hybridized carbons (Fsp3) is 0.429. The summed E-state index contributed by atoms with van der Waals surface area (Å²) in [6, 6.07) is 7.04. The Morgan fingerprint density at radius 3 is 2.63 bits per heavy atom. The van der Waals surface area contributed by atoms with Crippen molar-refractivity contribution in [1.29, 1.82) is 5.26 Å². The molecule has 1 unspecified atom stereocenters. The van der Waals surface area contributed by atoms with Gasteiger partial charge in [-0.15, -0.1) is 0 Å². The molecule has 1 aliphatic rings. The zero-order chi connectivity index (χ0) is 14.0. The molecule has 5 heteroatoms. The van der Waals surface area contributed by atoms with E-state index in [1.165, 1.54) is 0 Å². The Balaban J connectivity index is 2.11. The molecule has 0 aromatic heterocycles. The predicted molar refractivity (Wildman–Crippen MR) is 74.9 cm³/mol. The van der Waals surface area contributed by atoms with Crippen LogP contribution in [0, 0.1) is 16.7 Å². The Labute approximate surface area is 122 Å². The van der Waals surface area contributed by atoms with Crippen LogP contribution in [-0.4, -0.2) is 5.91 Å². The van der Waals surface area contributed by atoms with Crippen molar-refractivity contribution in [3.63, 3.8) is 0 Å². The molecule has 0 bridgehead atoms. The number of nitrogens with zero attached hydrogens (tertiary/aromatic N) is 1. The Kier molecular flexibility index (Phi) is 4.03. The molecule has 1 aliphatic carbocycles. The second-order valence-corrected chi connectivity index (χ2v) is 5.75. The molecule has 100 valence electrons. The van der Waals surface area contributed by atoms with E-state index in [0.717, 1.165) is 12.0 Å². The second-order valence-electron chi connectivity index (χ2n) is 4.91. The van der Waals surface area contributed by atoms with E-state index in [0.29, 0.717) is 22.9 Å². The van der Waals surface area contributed by atoms with E-state index in [9.17, 15) is 4.79 Å². The zero-order valence-corrected chi connectivity index (χ0v) is 12.1. The topological polar surface area (TPSA) is 52.9 Å². The summed E-state index contributed by atoms with van der Waals surface area (Å²) in [6.45, 7) is 1.84. The highest BCUT2D eigenvalue weighted by Gasteiger charge is 2.45. The van der Waals surface area contributed by atoms with Gasteiger partial charge in [0, 0.05) is 10.0 Å². The van der Waals surface area contributed by atoms with Crippen molar-refractivity contribution in [3.8, 4) is 6.07 Å². The van der Waals surface area contributed by atoms with E-state index >= 15 is 0 Å². The van der Waals surface area contributed by atoms with Crippen LogP contribution in [0.3, 0.4) is 0 Å². The minimum atomic E-state index is -0.840. The van der Waals surface area contributed by atoms with Crippen LogP contribution in [0.25, 0.3) is 0 Å². The summed E-state index contributed by atoms with van der Waals surface area (Å²) in [7, 11) is 0. The lowest BCUT2D eigenvalue weighted by Gasteiger charge is -2.34. The van der Waals surface area contributed by atoms with Crippen LogP contribution >= 0.6 is 23.2 Å². The van der Waals surface area contributed by atoms with Crippen LogP contribution in [-0.2, 0) is 4.79 Å². The molecular formula is C14H14Cl2N2O. The molecule has 0 radical (unpaired) electrons. The molecule has 1 N–H and O–H groups in total. The Morgan fingerprint density at radius 1 is 1.47 bits per heavy atom. The van der Waals surface area contributed by atoms with Gasteiger partial charge in [0.2, 0.25) is 5.91 Å². The first kappa shape index (κ1) is 14.2. The maximum absolute atomic E-state index is 12.1. The Morgan fingerprint density at radius 2 is 2.16 bits per heavy atom. The van der Waals surface area contributed by atoms with Crippen LogP contribution in [0.1, 0.15) is 37.8 Å². The van der Waals surface area contributed by atoms with Gasteiger partial charge in [-0.3, -0.25) is 4.79 Å². The van der Waals surface area contributed by atoms with Gasteiger partial charge in [0.1, 0.15) is 5.41 Å². The van der Waals surface area contributed by atoms with Gasteiger partial charge >= 0.3 is 0 Å². The number of carbonyl (C=O) groups excluding carboxylic acids is 1. The molecule has 0 saturated heterocycles. The van der Waals surface area contributed by atoms with Gasteiger partial charge < -0.3 is 5.32 Å². The van der Waals surface area contributed by atoms with Gasteiger partial charge in [0.15, 0.2) is 0 Å². The number of hydrogen-bond donors (Lipinski definition) is 1. The standard InChI is InChI=1S/C14H14Cl2N2O/c1-9(11-4-3-10(15)7-12(11)16)18-13(19)14(8-17)5-2-6-14/h3-4,7,9H,2,5-6H2,1H3,(H,18,19). The van der Waals surface area contributed by atoms with Crippen LogP contribution in [0.5, 0.6) is 0 Å². The molecule has 0 heterocycles. The molecule has 1 aromatic carbocycles. The van der Waals surface area contributed by atoms with Gasteiger partial charge in [0.05, 0.1) is 12.1 Å². The Bertz CT molecular complexity index is 547. The maximum atomic E-state index is 12.1. The summed E-state index contributed by atoms with van der Waals surface area (Å²) >= 11 is 11.9. The third-order valence-electron chi connectivity index (χ3n) is 3.63. The molecule has 19 heavy (non-hydrogen) atoms. The molecular weight excluding hydrogens is 283 g/mol. The average Bonchev–Trinajstić information content (AvgIpc) is 2.27. The van der Waals surface area contributed by atoms with E-state index in [4.69, 9.17) is 28.5 Å². The summed E-state index contributed by atoms with van der Waals surface area (Å²) in [5.41, 5.74) is -0.0421. The highest BCUT2D eigenvalue weighted by Crippen LogP contribution is 2.41. The zero-order valence-electron chi connectivity index (χ0n) is 10.5. The molecule has 1 saturated carbocycles. The highest BCUT2D eigenvalue weighted by molar-refractivity contribution is 6.35. The number of hydrogen-bond acceptors (Lipinski definition) is 2. The SMILES string of the molecule is CC(NC(=O)C1(C#N)CCC1)c1ccc(Cl)cc1Cl. The first-order valence-corrected chi connectivity index (χ1v) is 6.91. The number of nitriles is 1. The van der Waals surface area contributed by atoms with Crippen molar-refractivity contribution >= 4 is 29.1 Å². The van der Waals surface area contributed by atoms with E-state index in [1.807, 2.05) is 6.92 Å². The lowest BCUT2D eigenvalue weighted by Crippen LogP contribution is -2.45. The molecule has 1 fully saturated rings. The molecule has 3 nitrogen and oxygen atoms in total. The van der Waals surface area contributed by atoms with E-state index in [1.54, 1.807) is 18.2 Å². The van der Waals surface area contributed by atoms with Crippen molar-refractivity contribution in [2.45, 2.75) is 32.2 Å². The van der Waals surface area contributed by atoms with Crippen LogP contribution in [0.2, 0.25) is 10.0 Å². The average molecular weight is 297 g/mol. The minimum absolute atomic E-state index is 0.209. The molecule has 1 atom stereocenters. The second kappa shape index (κ2) is 5.40. The molecule has 0 spiro atoms. The van der Waals surface area contributed by atoms with Gasteiger partial charge in [-0.05, 0) is 43.9 Å². The van der Waals surface area contributed by atoms with E-state index < -0.39 is 5.41 Å². The monoisotopic (exact) mass is 296 g/mol. The minimum Gasteiger partial charge on any atom is -0.348 e. The van der Waals surface area contributed by atoms with Crippen molar-refractivity contribution in [3.05, 3.63) is 33.8 Å². The summed E-state index contributed by atoms with van der Waals surface area (Å²) in [4.78, 5) is 12.1. The Hall–Kier alpha value is -1.24. The molecule has 0 aliphatic heterocycles. The van der Waals surface area contributed by atoms with Gasteiger partial charge in [-0.1, -0.05) is 29.3 Å². The van der Waals surface area contributed by atoms with E-state index in [2.05, 4.69) is 11.4 Å². The third-order valence-corrected chi connectivity index (χ3v) is 4.19. The smallest absolute Gasteiger partial charge is 0.240 e. The maximum Gasteiger partial charge on any atom is 0.240 e. The van der Waals surface area contributed by atoms with Crippen LogP contribution in [0.4, 0.5) is 0 Å². The number of halogens is 2. The number of nitrogens with one attached hydrogen (secondary N) is 1. The van der Waals surface area contributed by atoms with Crippen LogP contribution in [0.15, 0.2) is 18.2 Å². The first-order chi connectivity index (χ1) is 8.98. The van der Waals surface area contributed by atoms with Crippen LogP contribution < -0.4 is 5.32 Å². The fourth-order valence-electron chi connectivity index (χ4n) is 2.19. The van der Waals surface area contributed by atoms with Crippen molar-refractivity contribution in [1.82, 2.24) is 5.32 Å². The lowest BCUT2D eigenvalue weighted by atomic mass is 9.69. The molecule has 2 rings (SSSR count). The lowest BCUT2D eigenvalue weighted by molar-refractivity contribution is -0.132. The van der Waals surface area contributed by atoms with Gasteiger partial charge in [-0.25, -0.2) is 0 Å². The number of benzene rings is 1. The highest BCUT2D eigenvalue weighted by atomic mass is 35.5. The number of carbonyl (C=O) groups is 1. The molecule has 1 aromatic rings. The number of amides is 1. The predicted octanol–water partition coefficient (Wildman–Crippen LogP) is 3.86. The largest absolute Gasteiger partial charge is 0.348 e. The summed E-state index contributed by atoms with van der Waals surface area (Å²) < 4.78 is 0. The van der Waals surface area contributed by atoms with Gasteiger partial charge in [-0.2, -0.15) is 5.26 Å². The number of rotatable bonds is 3. The first-order valence-electron chi connectivity index (χ1n) is 6.16. The normalized spacial score (nSPS) is 18.0. The summed E-state index contributed by atoms with van der Waals surface area (Å²) in [5, 5.41) is 13.1. The summed E-state index contributed by atoms with van der Waals surface area (Å²) in [5.74, 6) is -0.209. The third kappa shape index (κ3) is 2.70. The van der Waals surface area contributed by atoms with Gasteiger partial charge in [0.25, 0.3) is 0 Å². The quantitative estimate of drug-likeness (QED) is 0.921. The van der Waals surface area contributed by atoms with Crippen molar-refractivity contribution in [2.75, 3.05) is 0 Å². The molecule has 1 amide bonds. The van der Waals surface area contributed by atoms with Crippen molar-refractivity contribution in [2.24, 2.45) is 5.41 Å². The fourth-order valence-corrected chi connectivity index (χ4v) is 2.76. The van der Waals surface area contributed by atoms with Crippen molar-refractivity contribution < 1.29 is 4.79 Å². The summed E-state index contributed by atoms with van der Waals surface area (Å²) in [6.07, 6.45) is 2.20. The van der Waals surface area contributed by atoms with E-state index in [-0.39, 0.29) is 11.9 Å².